The van der Waals surface area contributed by atoms with Gasteiger partial charge >= 0.3 is 0 Å². The van der Waals surface area contributed by atoms with Gasteiger partial charge in [-0.05, 0) is 36.6 Å². The Morgan fingerprint density at radius 1 is 0.909 bits per heavy atom. The third-order valence-electron chi connectivity index (χ3n) is 3.61. The van der Waals surface area contributed by atoms with E-state index in [0.29, 0.717) is 5.57 Å². The zero-order valence-electron chi connectivity index (χ0n) is 13.1. The van der Waals surface area contributed by atoms with E-state index in [-0.39, 0.29) is 17.3 Å². The Morgan fingerprint density at radius 3 is 2.27 bits per heavy atom. The number of allylic oxidation sites excluding steroid dienone is 4. The summed E-state index contributed by atoms with van der Waals surface area (Å²) in [6.07, 6.45) is 5.92. The van der Waals surface area contributed by atoms with Gasteiger partial charge in [0, 0.05) is 17.7 Å². The molecule has 0 heterocycles. The maximum atomic E-state index is 11.9. The number of ether oxygens (including phenoxy) is 2. The first-order chi connectivity index (χ1) is 10.5. The number of rotatable bonds is 4. The minimum Gasteiger partial charge on any atom is -0.496 e. The van der Waals surface area contributed by atoms with Gasteiger partial charge in [0.2, 0.25) is 5.78 Å². The monoisotopic (exact) mass is 298 g/mol. The third kappa shape index (κ3) is 3.17. The van der Waals surface area contributed by atoms with Crippen LogP contribution in [-0.2, 0) is 14.3 Å². The quantitative estimate of drug-likeness (QED) is 0.802. The van der Waals surface area contributed by atoms with Gasteiger partial charge in [0.05, 0.1) is 14.2 Å². The van der Waals surface area contributed by atoms with E-state index in [0.717, 1.165) is 22.4 Å². The first-order valence-electron chi connectivity index (χ1n) is 6.85. The first-order valence-corrected chi connectivity index (χ1v) is 6.85. The molecule has 0 radical (unpaired) electrons. The van der Waals surface area contributed by atoms with Gasteiger partial charge in [0.25, 0.3) is 0 Å². The SMILES string of the molecule is COC1=CC(=O)C(/C=C\c2cc(C)c(C)c(OC)c2)=CC1=O. The second kappa shape index (κ2) is 6.43. The van der Waals surface area contributed by atoms with E-state index in [2.05, 4.69) is 0 Å². The van der Waals surface area contributed by atoms with Gasteiger partial charge in [-0.3, -0.25) is 9.59 Å². The van der Waals surface area contributed by atoms with Crippen LogP contribution in [-0.4, -0.2) is 25.8 Å². The van der Waals surface area contributed by atoms with Gasteiger partial charge in [-0.1, -0.05) is 18.2 Å². The number of hydrogen-bond acceptors (Lipinski definition) is 4. The van der Waals surface area contributed by atoms with Gasteiger partial charge in [0.1, 0.15) is 5.75 Å². The summed E-state index contributed by atoms with van der Waals surface area (Å²) < 4.78 is 10.2. The highest BCUT2D eigenvalue weighted by Gasteiger charge is 2.18. The number of hydrogen-bond donors (Lipinski definition) is 0. The molecule has 0 fully saturated rings. The number of aryl methyl sites for hydroxylation is 1. The second-order valence-corrected chi connectivity index (χ2v) is 5.04. The van der Waals surface area contributed by atoms with Gasteiger partial charge in [-0.25, -0.2) is 0 Å². The Hall–Kier alpha value is -2.62. The molecule has 0 unspecified atom stereocenters. The number of benzene rings is 1. The predicted molar refractivity (Wildman–Crippen MR) is 84.7 cm³/mol. The summed E-state index contributed by atoms with van der Waals surface area (Å²) >= 11 is 0. The van der Waals surface area contributed by atoms with Crippen molar-refractivity contribution >= 4 is 17.6 Å². The maximum absolute atomic E-state index is 11.9. The molecule has 114 valence electrons. The molecule has 0 saturated heterocycles. The van der Waals surface area contributed by atoms with Crippen LogP contribution in [0.15, 0.2) is 41.7 Å². The van der Waals surface area contributed by atoms with Crippen LogP contribution in [0.5, 0.6) is 5.75 Å². The van der Waals surface area contributed by atoms with Crippen LogP contribution < -0.4 is 4.74 Å². The summed E-state index contributed by atoms with van der Waals surface area (Å²) in [6.45, 7) is 3.99. The largest absolute Gasteiger partial charge is 0.496 e. The maximum Gasteiger partial charge on any atom is 0.221 e. The summed E-state index contributed by atoms with van der Waals surface area (Å²) in [6, 6.07) is 3.89. The van der Waals surface area contributed by atoms with E-state index in [1.807, 2.05) is 26.0 Å². The summed E-state index contributed by atoms with van der Waals surface area (Å²) in [5, 5.41) is 0. The minimum atomic E-state index is -0.306. The molecule has 4 nitrogen and oxygen atoms in total. The second-order valence-electron chi connectivity index (χ2n) is 5.04. The Balaban J connectivity index is 2.28. The molecular weight excluding hydrogens is 280 g/mol. The van der Waals surface area contributed by atoms with Crippen LogP contribution in [0.3, 0.4) is 0 Å². The van der Waals surface area contributed by atoms with Crippen LogP contribution >= 0.6 is 0 Å². The molecule has 4 heteroatoms. The lowest BCUT2D eigenvalue weighted by atomic mass is 10.00. The van der Waals surface area contributed by atoms with E-state index in [1.54, 1.807) is 19.3 Å². The lowest BCUT2D eigenvalue weighted by Gasteiger charge is -2.10. The van der Waals surface area contributed by atoms with Crippen LogP contribution in [0.4, 0.5) is 0 Å². The molecule has 1 aromatic rings. The van der Waals surface area contributed by atoms with E-state index >= 15 is 0 Å². The molecule has 1 aliphatic rings. The highest BCUT2D eigenvalue weighted by molar-refractivity contribution is 6.20. The first kappa shape index (κ1) is 15.8. The van der Waals surface area contributed by atoms with Crippen LogP contribution in [0.2, 0.25) is 0 Å². The van der Waals surface area contributed by atoms with E-state index in [9.17, 15) is 9.59 Å². The van der Waals surface area contributed by atoms with Crippen LogP contribution in [0.25, 0.3) is 6.08 Å². The Kier molecular flexibility index (Phi) is 4.61. The van der Waals surface area contributed by atoms with Crippen molar-refractivity contribution in [3.8, 4) is 5.75 Å². The molecular formula is C18H18O4. The van der Waals surface area contributed by atoms with Crippen molar-refractivity contribution in [2.24, 2.45) is 0 Å². The van der Waals surface area contributed by atoms with Crippen molar-refractivity contribution in [2.75, 3.05) is 14.2 Å². The minimum absolute atomic E-state index is 0.0648. The molecule has 0 N–H and O–H groups in total. The highest BCUT2D eigenvalue weighted by atomic mass is 16.5. The van der Waals surface area contributed by atoms with Crippen molar-refractivity contribution in [3.63, 3.8) is 0 Å². The molecule has 0 atom stereocenters. The normalized spacial score (nSPS) is 14.9. The van der Waals surface area contributed by atoms with Crippen molar-refractivity contribution in [3.05, 3.63) is 58.4 Å². The molecule has 1 aromatic carbocycles. The molecule has 2 rings (SSSR count). The topological polar surface area (TPSA) is 52.6 Å². The van der Waals surface area contributed by atoms with Gasteiger partial charge in [-0.2, -0.15) is 0 Å². The van der Waals surface area contributed by atoms with Gasteiger partial charge < -0.3 is 9.47 Å². The Morgan fingerprint density at radius 2 is 1.64 bits per heavy atom. The third-order valence-corrected chi connectivity index (χ3v) is 3.61. The molecule has 0 spiro atoms. The number of ketones is 2. The lowest BCUT2D eigenvalue weighted by molar-refractivity contribution is -0.117. The Bertz CT molecular complexity index is 721. The average molecular weight is 298 g/mol. The summed E-state index contributed by atoms with van der Waals surface area (Å²) in [7, 11) is 2.99. The molecule has 0 aromatic heterocycles. The summed E-state index contributed by atoms with van der Waals surface area (Å²) in [4.78, 5) is 23.6. The smallest absolute Gasteiger partial charge is 0.221 e. The average Bonchev–Trinajstić information content (AvgIpc) is 2.50. The van der Waals surface area contributed by atoms with Crippen molar-refractivity contribution in [1.82, 2.24) is 0 Å². The zero-order valence-corrected chi connectivity index (χ0v) is 13.1. The fourth-order valence-electron chi connectivity index (χ4n) is 2.19. The summed E-state index contributed by atoms with van der Waals surface area (Å²) in [5.41, 5.74) is 3.42. The van der Waals surface area contributed by atoms with E-state index < -0.39 is 0 Å². The van der Waals surface area contributed by atoms with Crippen LogP contribution in [0.1, 0.15) is 16.7 Å². The predicted octanol–water partition coefficient (Wildman–Crippen LogP) is 2.93. The van der Waals surface area contributed by atoms with Gasteiger partial charge in [0.15, 0.2) is 11.5 Å². The fourth-order valence-corrected chi connectivity index (χ4v) is 2.19. The molecule has 0 saturated carbocycles. The van der Waals surface area contributed by atoms with Crippen molar-refractivity contribution in [1.29, 1.82) is 0 Å². The standard InChI is InChI=1S/C18H18O4/c1-11-7-13(8-17(21-3)12(11)2)5-6-14-9-16(20)18(22-4)10-15(14)19/h5-10H,1-4H3/b6-5-. The number of carbonyl (C=O) groups excluding carboxylic acids is 2. The molecule has 1 aliphatic carbocycles. The molecule has 0 aliphatic heterocycles. The highest BCUT2D eigenvalue weighted by Crippen LogP contribution is 2.24. The Labute approximate surface area is 129 Å². The summed E-state index contributed by atoms with van der Waals surface area (Å²) in [5.74, 6) is 0.305. The lowest BCUT2D eigenvalue weighted by Crippen LogP contribution is -2.13. The van der Waals surface area contributed by atoms with E-state index in [1.165, 1.54) is 19.3 Å². The fraction of sp³-hybridized carbons (Fsp3) is 0.222. The van der Waals surface area contributed by atoms with E-state index in [4.69, 9.17) is 9.47 Å². The van der Waals surface area contributed by atoms with Crippen molar-refractivity contribution < 1.29 is 19.1 Å². The molecule has 0 amide bonds. The van der Waals surface area contributed by atoms with Crippen molar-refractivity contribution in [2.45, 2.75) is 13.8 Å². The molecule has 0 bridgehead atoms. The number of methoxy groups -OCH3 is 2. The van der Waals surface area contributed by atoms with Crippen LogP contribution in [0, 0.1) is 13.8 Å². The molecule has 22 heavy (non-hydrogen) atoms. The zero-order chi connectivity index (χ0) is 16.3. The van der Waals surface area contributed by atoms with Gasteiger partial charge in [-0.15, -0.1) is 0 Å². The number of carbonyl (C=O) groups is 2.